The molecule has 0 saturated carbocycles. The Morgan fingerprint density at radius 3 is 2.62 bits per heavy atom. The number of rotatable bonds is 5. The Labute approximate surface area is 96.3 Å². The van der Waals surface area contributed by atoms with Gasteiger partial charge in [0.1, 0.15) is 15.6 Å². The SMILES string of the molecule is Cc1cccc(N)c1OCCCS(C)(=O)=O. The minimum atomic E-state index is -2.91. The monoisotopic (exact) mass is 243 g/mol. The van der Waals surface area contributed by atoms with Crippen LogP contribution < -0.4 is 10.5 Å². The van der Waals surface area contributed by atoms with E-state index in [1.54, 1.807) is 6.07 Å². The molecule has 0 amide bonds. The van der Waals surface area contributed by atoms with Crippen molar-refractivity contribution in [3.63, 3.8) is 0 Å². The molecule has 4 nitrogen and oxygen atoms in total. The van der Waals surface area contributed by atoms with Crippen molar-refractivity contribution < 1.29 is 13.2 Å². The fourth-order valence-electron chi connectivity index (χ4n) is 1.37. The van der Waals surface area contributed by atoms with Crippen LogP contribution in [0.3, 0.4) is 0 Å². The van der Waals surface area contributed by atoms with Gasteiger partial charge < -0.3 is 10.5 Å². The molecule has 5 heteroatoms. The van der Waals surface area contributed by atoms with Gasteiger partial charge in [0.05, 0.1) is 18.0 Å². The van der Waals surface area contributed by atoms with E-state index in [0.717, 1.165) is 5.56 Å². The third-order valence-electron chi connectivity index (χ3n) is 2.15. The van der Waals surface area contributed by atoms with Crippen LogP contribution in [0.25, 0.3) is 0 Å². The fourth-order valence-corrected chi connectivity index (χ4v) is 2.01. The minimum Gasteiger partial charge on any atom is -0.491 e. The van der Waals surface area contributed by atoms with Crippen LogP contribution >= 0.6 is 0 Å². The second kappa shape index (κ2) is 5.21. The van der Waals surface area contributed by atoms with E-state index in [1.807, 2.05) is 19.1 Å². The van der Waals surface area contributed by atoms with Crippen LogP contribution in [0.2, 0.25) is 0 Å². The van der Waals surface area contributed by atoms with Crippen molar-refractivity contribution in [2.24, 2.45) is 0 Å². The lowest BCUT2D eigenvalue weighted by Crippen LogP contribution is -2.09. The molecule has 1 aromatic carbocycles. The van der Waals surface area contributed by atoms with Crippen LogP contribution in [-0.4, -0.2) is 27.0 Å². The highest BCUT2D eigenvalue weighted by molar-refractivity contribution is 7.90. The molecule has 0 saturated heterocycles. The maximum Gasteiger partial charge on any atom is 0.147 e. The van der Waals surface area contributed by atoms with Gasteiger partial charge in [-0.15, -0.1) is 0 Å². The highest BCUT2D eigenvalue weighted by Gasteiger charge is 2.05. The zero-order valence-electron chi connectivity index (χ0n) is 9.56. The maximum absolute atomic E-state index is 10.9. The molecule has 0 aliphatic heterocycles. The molecule has 0 heterocycles. The summed E-state index contributed by atoms with van der Waals surface area (Å²) in [5.74, 6) is 0.787. The largest absolute Gasteiger partial charge is 0.491 e. The number of hydrogen-bond donors (Lipinski definition) is 1. The number of nitrogen functional groups attached to an aromatic ring is 1. The van der Waals surface area contributed by atoms with Gasteiger partial charge in [-0.3, -0.25) is 0 Å². The maximum atomic E-state index is 10.9. The molecular formula is C11H17NO3S. The Kier molecular flexibility index (Phi) is 4.18. The van der Waals surface area contributed by atoms with Crippen molar-refractivity contribution in [3.05, 3.63) is 23.8 Å². The second-order valence-electron chi connectivity index (χ2n) is 3.83. The summed E-state index contributed by atoms with van der Waals surface area (Å²) in [5, 5.41) is 0. The lowest BCUT2D eigenvalue weighted by molar-refractivity contribution is 0.317. The predicted octanol–water partition coefficient (Wildman–Crippen LogP) is 1.39. The molecule has 90 valence electrons. The van der Waals surface area contributed by atoms with Gasteiger partial charge in [-0.2, -0.15) is 0 Å². The van der Waals surface area contributed by atoms with Crippen LogP contribution in [0.4, 0.5) is 5.69 Å². The van der Waals surface area contributed by atoms with Gasteiger partial charge >= 0.3 is 0 Å². The molecule has 0 aliphatic rings. The van der Waals surface area contributed by atoms with Crippen molar-refractivity contribution >= 4 is 15.5 Å². The Bertz CT molecular complexity index is 434. The Morgan fingerprint density at radius 1 is 1.38 bits per heavy atom. The molecule has 0 atom stereocenters. The molecule has 1 aromatic rings. The number of hydrogen-bond acceptors (Lipinski definition) is 4. The van der Waals surface area contributed by atoms with E-state index in [-0.39, 0.29) is 5.75 Å². The van der Waals surface area contributed by atoms with Crippen molar-refractivity contribution in [2.45, 2.75) is 13.3 Å². The number of sulfone groups is 1. The molecular weight excluding hydrogens is 226 g/mol. The molecule has 0 fully saturated rings. The summed E-state index contributed by atoms with van der Waals surface area (Å²) in [6.07, 6.45) is 1.70. The quantitative estimate of drug-likeness (QED) is 0.626. The minimum absolute atomic E-state index is 0.138. The first-order chi connectivity index (χ1) is 7.40. The smallest absolute Gasteiger partial charge is 0.147 e. The van der Waals surface area contributed by atoms with Gasteiger partial charge in [0, 0.05) is 6.26 Å². The first-order valence-corrected chi connectivity index (χ1v) is 7.12. The molecule has 1 rings (SSSR count). The number of anilines is 1. The van der Waals surface area contributed by atoms with Crippen LogP contribution in [0.1, 0.15) is 12.0 Å². The van der Waals surface area contributed by atoms with Crippen molar-refractivity contribution in [1.82, 2.24) is 0 Å². The van der Waals surface area contributed by atoms with E-state index in [9.17, 15) is 8.42 Å². The van der Waals surface area contributed by atoms with E-state index >= 15 is 0 Å². The summed E-state index contributed by atoms with van der Waals surface area (Å²) < 4.78 is 27.3. The number of aryl methyl sites for hydroxylation is 1. The number of para-hydroxylation sites is 1. The van der Waals surface area contributed by atoms with Crippen molar-refractivity contribution in [1.29, 1.82) is 0 Å². The molecule has 0 spiro atoms. The Balaban J connectivity index is 2.49. The standard InChI is InChI=1S/C11H17NO3S/c1-9-5-3-6-10(12)11(9)15-7-4-8-16(2,13)14/h3,5-6H,4,7-8,12H2,1-2H3. The van der Waals surface area contributed by atoms with Gasteiger partial charge in [0.2, 0.25) is 0 Å². The van der Waals surface area contributed by atoms with E-state index in [4.69, 9.17) is 10.5 Å². The molecule has 2 N–H and O–H groups in total. The summed E-state index contributed by atoms with van der Waals surface area (Å²) in [6.45, 7) is 2.27. The summed E-state index contributed by atoms with van der Waals surface area (Å²) >= 11 is 0. The van der Waals surface area contributed by atoms with Gasteiger partial charge in [0.15, 0.2) is 0 Å². The second-order valence-corrected chi connectivity index (χ2v) is 6.08. The van der Waals surface area contributed by atoms with Crippen LogP contribution in [-0.2, 0) is 9.84 Å². The van der Waals surface area contributed by atoms with E-state index in [0.29, 0.717) is 24.5 Å². The third-order valence-corrected chi connectivity index (χ3v) is 3.18. The predicted molar refractivity (Wildman–Crippen MR) is 65.4 cm³/mol. The first-order valence-electron chi connectivity index (χ1n) is 5.06. The fraction of sp³-hybridized carbons (Fsp3) is 0.455. The highest BCUT2D eigenvalue weighted by Crippen LogP contribution is 2.25. The number of benzene rings is 1. The molecule has 0 unspecified atom stereocenters. The highest BCUT2D eigenvalue weighted by atomic mass is 32.2. The van der Waals surface area contributed by atoms with Crippen LogP contribution in [0.5, 0.6) is 5.75 Å². The normalized spacial score (nSPS) is 11.4. The van der Waals surface area contributed by atoms with Crippen LogP contribution in [0, 0.1) is 6.92 Å². The third kappa shape index (κ3) is 4.10. The molecule has 0 aromatic heterocycles. The summed E-state index contributed by atoms with van der Waals surface area (Å²) in [5.41, 5.74) is 7.29. The van der Waals surface area contributed by atoms with Gasteiger partial charge in [-0.05, 0) is 25.0 Å². The first kappa shape index (κ1) is 12.8. The molecule has 16 heavy (non-hydrogen) atoms. The lowest BCUT2D eigenvalue weighted by Gasteiger charge is -2.10. The van der Waals surface area contributed by atoms with E-state index < -0.39 is 9.84 Å². The average Bonchev–Trinajstić information content (AvgIpc) is 2.14. The Hall–Kier alpha value is -1.23. The van der Waals surface area contributed by atoms with Gasteiger partial charge in [-0.25, -0.2) is 8.42 Å². The zero-order chi connectivity index (χ0) is 12.2. The average molecular weight is 243 g/mol. The van der Waals surface area contributed by atoms with E-state index in [2.05, 4.69) is 0 Å². The van der Waals surface area contributed by atoms with Crippen LogP contribution in [0.15, 0.2) is 18.2 Å². The van der Waals surface area contributed by atoms with Crippen molar-refractivity contribution in [2.75, 3.05) is 24.3 Å². The number of nitrogens with two attached hydrogens (primary N) is 1. The summed E-state index contributed by atoms with van der Waals surface area (Å²) in [4.78, 5) is 0. The van der Waals surface area contributed by atoms with E-state index in [1.165, 1.54) is 6.26 Å². The summed E-state index contributed by atoms with van der Waals surface area (Å²) in [7, 11) is -2.91. The number of ether oxygens (including phenoxy) is 1. The topological polar surface area (TPSA) is 69.4 Å². The zero-order valence-corrected chi connectivity index (χ0v) is 10.4. The summed E-state index contributed by atoms with van der Waals surface area (Å²) in [6, 6.07) is 5.52. The molecule has 0 radical (unpaired) electrons. The molecule has 0 aliphatic carbocycles. The van der Waals surface area contributed by atoms with Gasteiger partial charge in [0.25, 0.3) is 0 Å². The van der Waals surface area contributed by atoms with Crippen molar-refractivity contribution in [3.8, 4) is 5.75 Å². The lowest BCUT2D eigenvalue weighted by atomic mass is 10.2. The Morgan fingerprint density at radius 2 is 2.06 bits per heavy atom. The molecule has 0 bridgehead atoms. The van der Waals surface area contributed by atoms with Gasteiger partial charge in [-0.1, -0.05) is 12.1 Å².